The van der Waals surface area contributed by atoms with Crippen LogP contribution in [-0.2, 0) is 19.8 Å². The molecule has 1 amide bonds. The molecule has 1 unspecified atom stereocenters. The van der Waals surface area contributed by atoms with Gasteiger partial charge in [-0.3, -0.25) is 4.79 Å². The van der Waals surface area contributed by atoms with Gasteiger partial charge in [0.1, 0.15) is 12.4 Å². The van der Waals surface area contributed by atoms with E-state index in [1.807, 2.05) is 67.3 Å². The molecule has 3 rings (SSSR count). The van der Waals surface area contributed by atoms with E-state index in [-0.39, 0.29) is 11.8 Å². The van der Waals surface area contributed by atoms with E-state index in [9.17, 15) is 10.1 Å². The van der Waals surface area contributed by atoms with Gasteiger partial charge in [-0.05, 0) is 55.0 Å². The van der Waals surface area contributed by atoms with Crippen molar-refractivity contribution >= 4 is 17.8 Å². The molecule has 2 aromatic carbocycles. The quantitative estimate of drug-likeness (QED) is 0.248. The first-order valence-electron chi connectivity index (χ1n) is 13.9. The second-order valence-electron chi connectivity index (χ2n) is 10.2. The molecular weight excluding hydrogens is 542 g/mol. The van der Waals surface area contributed by atoms with E-state index in [1.54, 1.807) is 14.2 Å². The Morgan fingerprint density at radius 1 is 1.02 bits per heavy atom. The molecule has 1 saturated heterocycles. The Balaban J connectivity index is 0.000000928. The lowest BCUT2D eigenvalue weighted by atomic mass is 9.69. The molecule has 0 aromatic heterocycles. The highest BCUT2D eigenvalue weighted by Crippen LogP contribution is 2.40. The first-order chi connectivity index (χ1) is 20.1. The van der Waals surface area contributed by atoms with Crippen molar-refractivity contribution < 1.29 is 38.8 Å². The van der Waals surface area contributed by atoms with Crippen LogP contribution in [0.25, 0.3) is 0 Å². The topological polar surface area (TPSA) is 158 Å². The maximum absolute atomic E-state index is 13.1. The Kier molecular flexibility index (Phi) is 13.6. The normalized spacial score (nSPS) is 14.5. The molecule has 11 heteroatoms. The minimum absolute atomic E-state index is 0.0291. The smallest absolute Gasteiger partial charge is 0.414 e. The third kappa shape index (κ3) is 9.66. The van der Waals surface area contributed by atoms with Crippen LogP contribution < -0.4 is 19.5 Å². The number of rotatable bonds is 12. The van der Waals surface area contributed by atoms with Crippen molar-refractivity contribution in [2.75, 3.05) is 40.5 Å². The van der Waals surface area contributed by atoms with E-state index in [4.69, 9.17) is 34.0 Å². The zero-order valence-electron chi connectivity index (χ0n) is 24.7. The van der Waals surface area contributed by atoms with Crippen molar-refractivity contribution in [1.82, 2.24) is 10.2 Å². The predicted molar refractivity (Wildman–Crippen MR) is 156 cm³/mol. The van der Waals surface area contributed by atoms with Crippen molar-refractivity contribution in [3.05, 3.63) is 54.1 Å². The average molecular weight is 584 g/mol. The Morgan fingerprint density at radius 2 is 1.64 bits per heavy atom. The molecule has 3 N–H and O–H groups in total. The summed E-state index contributed by atoms with van der Waals surface area (Å²) in [5.74, 6) is -1.42. The highest BCUT2D eigenvalue weighted by molar-refractivity contribution is 6.27. The summed E-state index contributed by atoms with van der Waals surface area (Å²) in [7, 11) is 3.18. The lowest BCUT2D eigenvalue weighted by Gasteiger charge is -2.35. The van der Waals surface area contributed by atoms with E-state index in [2.05, 4.69) is 11.4 Å². The van der Waals surface area contributed by atoms with Crippen LogP contribution in [0.1, 0.15) is 45.1 Å². The third-order valence-electron chi connectivity index (χ3n) is 7.39. The molecule has 1 heterocycles. The van der Waals surface area contributed by atoms with Crippen molar-refractivity contribution in [2.45, 2.75) is 51.0 Å². The first kappa shape index (κ1) is 33.9. The highest BCUT2D eigenvalue weighted by Gasteiger charge is 2.38. The van der Waals surface area contributed by atoms with Gasteiger partial charge in [0.2, 0.25) is 5.91 Å². The number of nitrogens with zero attached hydrogens (tertiary/aromatic N) is 2. The van der Waals surface area contributed by atoms with E-state index in [1.165, 1.54) is 0 Å². The minimum atomic E-state index is -1.82. The van der Waals surface area contributed by atoms with Gasteiger partial charge in [-0.25, -0.2) is 9.59 Å². The number of likely N-dealkylation sites (tertiary alicyclic amines) is 1. The van der Waals surface area contributed by atoms with Crippen molar-refractivity contribution in [1.29, 1.82) is 5.26 Å². The predicted octanol–water partition coefficient (Wildman–Crippen LogP) is 3.72. The number of benzene rings is 2. The van der Waals surface area contributed by atoms with Crippen molar-refractivity contribution in [2.24, 2.45) is 5.92 Å². The van der Waals surface area contributed by atoms with Crippen LogP contribution in [0.15, 0.2) is 48.5 Å². The molecule has 0 aliphatic carbocycles. The van der Waals surface area contributed by atoms with Crippen LogP contribution in [0.2, 0.25) is 0 Å². The molecule has 1 aliphatic heterocycles. The molecular formula is C31H41N3O8. The number of aliphatic carboxylic acids is 2. The third-order valence-corrected chi connectivity index (χ3v) is 7.39. The summed E-state index contributed by atoms with van der Waals surface area (Å²) >= 11 is 0. The zero-order chi connectivity index (χ0) is 31.1. The van der Waals surface area contributed by atoms with Gasteiger partial charge in [0.25, 0.3) is 0 Å². The van der Waals surface area contributed by atoms with Crippen molar-refractivity contribution in [3.8, 4) is 23.3 Å². The molecule has 0 saturated carbocycles. The molecule has 228 valence electrons. The lowest BCUT2D eigenvalue weighted by Crippen LogP contribution is -2.46. The number of carbonyl (C=O) groups is 3. The van der Waals surface area contributed by atoms with Crippen LogP contribution in [0.3, 0.4) is 0 Å². The van der Waals surface area contributed by atoms with E-state index in [0.29, 0.717) is 37.0 Å². The lowest BCUT2D eigenvalue weighted by molar-refractivity contribution is -0.159. The van der Waals surface area contributed by atoms with Gasteiger partial charge in [0, 0.05) is 32.1 Å². The minimum Gasteiger partial charge on any atom is -0.493 e. The Morgan fingerprint density at radius 3 is 2.17 bits per heavy atom. The summed E-state index contributed by atoms with van der Waals surface area (Å²) < 4.78 is 16.6. The van der Waals surface area contributed by atoms with Crippen LogP contribution in [0.5, 0.6) is 17.2 Å². The SMILES string of the molecule is COc1ccc(C(C#N)(CCC(=O)N2CCC(NCCOc3ccccc3)CC2)C(C)C)cc1OC.O=C(O)C(=O)O. The van der Waals surface area contributed by atoms with Crippen LogP contribution in [0.4, 0.5) is 0 Å². The standard InChI is InChI=1S/C29H39N3O4.C2H2O4/c1-22(2)29(21-30,23-10-11-26(34-3)27(20-23)35-4)15-12-28(33)32-17-13-24(14-18-32)31-16-19-36-25-8-6-5-7-9-25;3-1(4)2(5)6/h5-11,20,22,24,31H,12-19H2,1-4H3;(H,3,4)(H,5,6). The Bertz CT molecular complexity index is 1190. The number of nitriles is 1. The molecule has 1 atom stereocenters. The summed E-state index contributed by atoms with van der Waals surface area (Å²) in [4.78, 5) is 33.2. The van der Waals surface area contributed by atoms with E-state index in [0.717, 1.165) is 43.8 Å². The summed E-state index contributed by atoms with van der Waals surface area (Å²) in [5.41, 5.74) is 0.0690. The Labute approximate surface area is 247 Å². The Hall–Kier alpha value is -4.30. The number of carboxylic acid groups (broad SMARTS) is 2. The summed E-state index contributed by atoms with van der Waals surface area (Å²) in [5, 5.41) is 28.6. The van der Waals surface area contributed by atoms with E-state index < -0.39 is 17.4 Å². The monoisotopic (exact) mass is 583 g/mol. The number of hydrogen-bond donors (Lipinski definition) is 3. The molecule has 2 aromatic rings. The summed E-state index contributed by atoms with van der Waals surface area (Å²) in [6.45, 7) is 6.91. The molecule has 1 fully saturated rings. The number of methoxy groups -OCH3 is 2. The molecule has 0 spiro atoms. The van der Waals surface area contributed by atoms with Crippen LogP contribution in [0, 0.1) is 17.2 Å². The van der Waals surface area contributed by atoms with Gasteiger partial charge in [-0.15, -0.1) is 0 Å². The maximum atomic E-state index is 13.1. The summed E-state index contributed by atoms with van der Waals surface area (Å²) in [6.07, 6.45) is 2.63. The second-order valence-corrected chi connectivity index (χ2v) is 10.2. The number of para-hydroxylation sites is 1. The summed E-state index contributed by atoms with van der Waals surface area (Å²) in [6, 6.07) is 18.3. The number of hydrogen-bond acceptors (Lipinski definition) is 8. The van der Waals surface area contributed by atoms with Gasteiger partial charge in [-0.2, -0.15) is 5.26 Å². The van der Waals surface area contributed by atoms with Crippen LogP contribution >= 0.6 is 0 Å². The number of piperidine rings is 1. The second kappa shape index (κ2) is 16.8. The average Bonchev–Trinajstić information content (AvgIpc) is 3.00. The maximum Gasteiger partial charge on any atom is 0.414 e. The largest absolute Gasteiger partial charge is 0.493 e. The zero-order valence-corrected chi connectivity index (χ0v) is 24.7. The molecule has 11 nitrogen and oxygen atoms in total. The number of carboxylic acids is 2. The molecule has 1 aliphatic rings. The molecule has 0 radical (unpaired) electrons. The van der Waals surface area contributed by atoms with Gasteiger partial charge < -0.3 is 34.6 Å². The van der Waals surface area contributed by atoms with Gasteiger partial charge in [0.15, 0.2) is 11.5 Å². The fourth-order valence-electron chi connectivity index (χ4n) is 4.87. The first-order valence-corrected chi connectivity index (χ1v) is 13.9. The fraction of sp³-hybridized carbons (Fsp3) is 0.484. The number of amides is 1. The molecule has 42 heavy (non-hydrogen) atoms. The fourth-order valence-corrected chi connectivity index (χ4v) is 4.87. The van der Waals surface area contributed by atoms with Crippen LogP contribution in [-0.4, -0.2) is 79.5 Å². The van der Waals surface area contributed by atoms with E-state index >= 15 is 0 Å². The number of nitrogens with one attached hydrogen (secondary N) is 1. The van der Waals surface area contributed by atoms with Crippen molar-refractivity contribution in [3.63, 3.8) is 0 Å². The van der Waals surface area contributed by atoms with Gasteiger partial charge in [0.05, 0.1) is 25.7 Å². The number of ether oxygens (including phenoxy) is 3. The van der Waals surface area contributed by atoms with Gasteiger partial charge >= 0.3 is 11.9 Å². The highest BCUT2D eigenvalue weighted by atomic mass is 16.5. The van der Waals surface area contributed by atoms with Gasteiger partial charge in [-0.1, -0.05) is 38.1 Å². The number of carbonyl (C=O) groups excluding carboxylic acids is 1. The molecule has 0 bridgehead atoms.